The number of anilines is 1. The Morgan fingerprint density at radius 3 is 2.27 bits per heavy atom. The fourth-order valence-corrected chi connectivity index (χ4v) is 4.21. The quantitative estimate of drug-likeness (QED) is 0.849. The van der Waals surface area contributed by atoms with Gasteiger partial charge in [-0.1, -0.05) is 30.5 Å². The molecular weight excluding hydrogens is 372 g/mol. The van der Waals surface area contributed by atoms with Crippen LogP contribution >= 0.6 is 11.6 Å². The van der Waals surface area contributed by atoms with E-state index < -0.39 is 10.0 Å². The van der Waals surface area contributed by atoms with Crippen molar-refractivity contribution >= 4 is 33.2 Å². The van der Waals surface area contributed by atoms with Crippen molar-refractivity contribution < 1.29 is 13.2 Å². The van der Waals surface area contributed by atoms with Gasteiger partial charge in [-0.15, -0.1) is 0 Å². The molecule has 0 saturated carbocycles. The highest BCUT2D eigenvalue weighted by Crippen LogP contribution is 2.20. The van der Waals surface area contributed by atoms with Gasteiger partial charge in [0.2, 0.25) is 0 Å². The van der Waals surface area contributed by atoms with Crippen LogP contribution in [-0.2, 0) is 10.0 Å². The second kappa shape index (κ2) is 8.10. The van der Waals surface area contributed by atoms with Crippen molar-refractivity contribution in [3.63, 3.8) is 0 Å². The van der Waals surface area contributed by atoms with Crippen molar-refractivity contribution in [2.45, 2.75) is 30.6 Å². The van der Waals surface area contributed by atoms with Crippen molar-refractivity contribution in [3.8, 4) is 0 Å². The molecule has 1 amide bonds. The predicted molar refractivity (Wildman–Crippen MR) is 103 cm³/mol. The number of likely N-dealkylation sites (tertiary alicyclic amines) is 1. The molecule has 0 aromatic heterocycles. The van der Waals surface area contributed by atoms with Gasteiger partial charge in [-0.25, -0.2) is 8.42 Å². The normalized spacial score (nSPS) is 15.3. The molecule has 0 radical (unpaired) electrons. The van der Waals surface area contributed by atoms with Gasteiger partial charge in [-0.3, -0.25) is 9.52 Å². The van der Waals surface area contributed by atoms with Crippen molar-refractivity contribution in [3.05, 3.63) is 59.1 Å². The smallest absolute Gasteiger partial charge is 0.261 e. The molecule has 0 aliphatic carbocycles. The molecule has 138 valence electrons. The van der Waals surface area contributed by atoms with Gasteiger partial charge in [0.15, 0.2) is 0 Å². The van der Waals surface area contributed by atoms with E-state index in [2.05, 4.69) is 4.72 Å². The van der Waals surface area contributed by atoms with E-state index in [1.807, 2.05) is 4.90 Å². The number of sulfonamides is 1. The third-order valence-corrected chi connectivity index (χ3v) is 6.01. The lowest BCUT2D eigenvalue weighted by atomic mass is 10.2. The number of carbonyl (C=O) groups excluding carboxylic acids is 1. The second-order valence-corrected chi connectivity index (χ2v) is 8.47. The Balaban J connectivity index is 1.81. The molecule has 1 aliphatic heterocycles. The fourth-order valence-electron chi connectivity index (χ4n) is 2.98. The van der Waals surface area contributed by atoms with Crippen LogP contribution in [0.1, 0.15) is 36.0 Å². The van der Waals surface area contributed by atoms with E-state index in [0.29, 0.717) is 16.3 Å². The average molecular weight is 393 g/mol. The first-order chi connectivity index (χ1) is 12.5. The average Bonchev–Trinajstić information content (AvgIpc) is 2.92. The second-order valence-electron chi connectivity index (χ2n) is 6.35. The molecule has 7 heteroatoms. The Bertz CT molecular complexity index is 874. The van der Waals surface area contributed by atoms with Crippen LogP contribution in [0.5, 0.6) is 0 Å². The Morgan fingerprint density at radius 2 is 1.62 bits per heavy atom. The number of halogens is 1. The minimum absolute atomic E-state index is 0.0631. The van der Waals surface area contributed by atoms with Crippen LogP contribution < -0.4 is 4.72 Å². The molecule has 0 unspecified atom stereocenters. The third kappa shape index (κ3) is 4.56. The van der Waals surface area contributed by atoms with Gasteiger partial charge in [-0.05, 0) is 55.3 Å². The summed E-state index contributed by atoms with van der Waals surface area (Å²) in [4.78, 5) is 14.6. The van der Waals surface area contributed by atoms with Gasteiger partial charge in [-0.2, -0.15) is 0 Å². The van der Waals surface area contributed by atoms with Crippen LogP contribution in [0.3, 0.4) is 0 Å². The van der Waals surface area contributed by atoms with E-state index in [4.69, 9.17) is 11.6 Å². The van der Waals surface area contributed by atoms with Gasteiger partial charge >= 0.3 is 0 Å². The van der Waals surface area contributed by atoms with E-state index in [1.165, 1.54) is 12.1 Å². The number of amides is 1. The van der Waals surface area contributed by atoms with E-state index in [-0.39, 0.29) is 10.8 Å². The molecule has 2 aromatic carbocycles. The van der Waals surface area contributed by atoms with E-state index >= 15 is 0 Å². The molecule has 1 aliphatic rings. The molecule has 5 nitrogen and oxygen atoms in total. The Morgan fingerprint density at radius 1 is 0.962 bits per heavy atom. The summed E-state index contributed by atoms with van der Waals surface area (Å²) in [5, 5.41) is 0.526. The highest BCUT2D eigenvalue weighted by atomic mass is 35.5. The number of rotatable bonds is 4. The molecule has 2 aromatic rings. The number of nitrogens with zero attached hydrogens (tertiary/aromatic N) is 1. The lowest BCUT2D eigenvalue weighted by Gasteiger charge is -2.20. The zero-order valence-corrected chi connectivity index (χ0v) is 15.9. The number of hydrogen-bond acceptors (Lipinski definition) is 3. The minimum atomic E-state index is -3.78. The zero-order valence-electron chi connectivity index (χ0n) is 14.3. The maximum Gasteiger partial charge on any atom is 0.261 e. The molecule has 1 saturated heterocycles. The minimum Gasteiger partial charge on any atom is -0.339 e. The molecular formula is C19H21ClN2O3S. The summed E-state index contributed by atoms with van der Waals surface area (Å²) in [5.41, 5.74) is 0.810. The molecule has 1 N–H and O–H groups in total. The largest absolute Gasteiger partial charge is 0.339 e. The van der Waals surface area contributed by atoms with Gasteiger partial charge < -0.3 is 4.90 Å². The molecule has 1 fully saturated rings. The number of carbonyl (C=O) groups is 1. The number of hydrogen-bond donors (Lipinski definition) is 1. The van der Waals surface area contributed by atoms with E-state index in [0.717, 1.165) is 38.8 Å². The predicted octanol–water partition coefficient (Wildman–Crippen LogP) is 4.16. The van der Waals surface area contributed by atoms with Crippen LogP contribution in [0.15, 0.2) is 53.4 Å². The third-order valence-electron chi connectivity index (χ3n) is 4.38. The Labute approximate surface area is 159 Å². The van der Waals surface area contributed by atoms with Gasteiger partial charge in [0, 0.05) is 29.4 Å². The first-order valence-electron chi connectivity index (χ1n) is 8.63. The van der Waals surface area contributed by atoms with E-state index in [1.54, 1.807) is 36.4 Å². The SMILES string of the molecule is O=C(c1cccc(S(=O)(=O)Nc2ccc(Cl)cc2)c1)N1CCCCCC1. The van der Waals surface area contributed by atoms with Crippen molar-refractivity contribution in [1.82, 2.24) is 4.90 Å². The summed E-state index contributed by atoms with van der Waals surface area (Å²) in [7, 11) is -3.78. The maximum absolute atomic E-state index is 12.7. The molecule has 0 bridgehead atoms. The maximum atomic E-state index is 12.7. The Hall–Kier alpha value is -2.05. The topological polar surface area (TPSA) is 66.5 Å². The van der Waals surface area contributed by atoms with Gasteiger partial charge in [0.25, 0.3) is 15.9 Å². The van der Waals surface area contributed by atoms with Crippen molar-refractivity contribution in [1.29, 1.82) is 0 Å². The number of nitrogens with one attached hydrogen (secondary N) is 1. The van der Waals surface area contributed by atoms with E-state index in [9.17, 15) is 13.2 Å². The number of benzene rings is 2. The summed E-state index contributed by atoms with van der Waals surface area (Å²) < 4.78 is 27.8. The summed E-state index contributed by atoms with van der Waals surface area (Å²) in [6, 6.07) is 12.6. The highest BCUT2D eigenvalue weighted by Gasteiger charge is 2.20. The lowest BCUT2D eigenvalue weighted by molar-refractivity contribution is 0.0761. The summed E-state index contributed by atoms with van der Waals surface area (Å²) in [6.07, 6.45) is 4.23. The molecule has 3 rings (SSSR count). The lowest BCUT2D eigenvalue weighted by Crippen LogP contribution is -2.32. The van der Waals surface area contributed by atoms with Crippen LogP contribution in [0.4, 0.5) is 5.69 Å². The molecule has 0 spiro atoms. The molecule has 1 heterocycles. The summed E-state index contributed by atoms with van der Waals surface area (Å²) in [5.74, 6) is -0.115. The van der Waals surface area contributed by atoms with Crippen molar-refractivity contribution in [2.75, 3.05) is 17.8 Å². The zero-order chi connectivity index (χ0) is 18.6. The van der Waals surface area contributed by atoms with Crippen LogP contribution in [0, 0.1) is 0 Å². The summed E-state index contributed by atoms with van der Waals surface area (Å²) >= 11 is 5.82. The van der Waals surface area contributed by atoms with Crippen molar-refractivity contribution in [2.24, 2.45) is 0 Å². The Kier molecular flexibility index (Phi) is 5.84. The standard InChI is InChI=1S/C19H21ClN2O3S/c20-16-8-10-17(11-9-16)21-26(24,25)18-7-5-6-15(14-18)19(23)22-12-3-1-2-4-13-22/h5-11,14,21H,1-4,12-13H2. The van der Waals surface area contributed by atoms with Crippen LogP contribution in [0.25, 0.3) is 0 Å². The molecule has 0 atom stereocenters. The summed E-state index contributed by atoms with van der Waals surface area (Å²) in [6.45, 7) is 1.44. The van der Waals surface area contributed by atoms with Gasteiger partial charge in [0.05, 0.1) is 4.90 Å². The fraction of sp³-hybridized carbons (Fsp3) is 0.316. The first kappa shape index (κ1) is 18.7. The van der Waals surface area contributed by atoms with Gasteiger partial charge in [0.1, 0.15) is 0 Å². The monoisotopic (exact) mass is 392 g/mol. The molecule has 26 heavy (non-hydrogen) atoms. The highest BCUT2D eigenvalue weighted by molar-refractivity contribution is 7.92. The first-order valence-corrected chi connectivity index (χ1v) is 10.5. The van der Waals surface area contributed by atoms with Crippen LogP contribution in [0.2, 0.25) is 5.02 Å². The van der Waals surface area contributed by atoms with Crippen LogP contribution in [-0.4, -0.2) is 32.3 Å².